The number of hydrogen-bond donors (Lipinski definition) is 7. The van der Waals surface area contributed by atoms with Gasteiger partial charge in [0.05, 0.1) is 26.4 Å². The minimum atomic E-state index is -1.70. The van der Waals surface area contributed by atoms with Gasteiger partial charge in [0.15, 0.2) is 12.6 Å². The quantitative estimate of drug-likeness (QED) is 0.0305. The van der Waals surface area contributed by atoms with Gasteiger partial charge in [0, 0.05) is 13.0 Å². The van der Waals surface area contributed by atoms with Crippen LogP contribution in [0.3, 0.4) is 0 Å². The van der Waals surface area contributed by atoms with Crippen LogP contribution in [-0.2, 0) is 33.2 Å². The summed E-state index contributed by atoms with van der Waals surface area (Å²) in [6.45, 7) is 3.52. The molecule has 2 saturated heterocycles. The van der Waals surface area contributed by atoms with Crippen LogP contribution in [0.1, 0.15) is 136 Å². The van der Waals surface area contributed by atoms with Crippen molar-refractivity contribution in [2.24, 2.45) is 0 Å². The Labute approximate surface area is 323 Å². The van der Waals surface area contributed by atoms with Crippen LogP contribution in [0.4, 0.5) is 0 Å². The number of unbranched alkanes of at least 4 members (excludes halogenated alkanes) is 15. The highest BCUT2D eigenvalue weighted by molar-refractivity contribution is 5.69. The summed E-state index contributed by atoms with van der Waals surface area (Å²) in [5, 5.41) is 71.4. The Kier molecular flexibility index (Phi) is 27.1. The third kappa shape index (κ3) is 19.3. The second kappa shape index (κ2) is 29.9. The van der Waals surface area contributed by atoms with Crippen molar-refractivity contribution in [3.05, 3.63) is 12.2 Å². The molecule has 0 radical (unpaired) electrons. The highest BCUT2D eigenvalue weighted by Crippen LogP contribution is 2.26. The predicted molar refractivity (Wildman–Crippen MR) is 201 cm³/mol. The second-order valence-electron chi connectivity index (χ2n) is 14.8. The molecule has 0 spiro atoms. The molecule has 7 N–H and O–H groups in total. The molecule has 11 atom stereocenters. The normalized spacial score (nSPS) is 29.5. The van der Waals surface area contributed by atoms with Gasteiger partial charge >= 0.3 is 5.97 Å². The van der Waals surface area contributed by atoms with E-state index in [1.807, 2.05) is 0 Å². The standard InChI is InChI=1S/C40H74O14/c1-3-5-7-9-10-11-12-13-14-15-16-17-18-19-20-22-24-49-26-29(52-32(42)23-21-8-6-4-2)27-50-39-38(48)36(46)34(44)31(54-39)28-51-40-37(47)35(45)33(43)30(25-41)53-40/h13-14,29-31,33-41,43-48H,3-12,15-28H2,1-2H3/b14-13-. The average molecular weight is 779 g/mol. The van der Waals surface area contributed by atoms with Gasteiger partial charge in [0.2, 0.25) is 0 Å². The van der Waals surface area contributed by atoms with Crippen LogP contribution >= 0.6 is 0 Å². The number of ether oxygens (including phenoxy) is 6. The Balaban J connectivity index is 1.76. The van der Waals surface area contributed by atoms with Gasteiger partial charge in [0.1, 0.15) is 54.9 Å². The molecule has 0 amide bonds. The number of esters is 1. The smallest absolute Gasteiger partial charge is 0.306 e. The highest BCUT2D eigenvalue weighted by atomic mass is 16.7. The number of rotatable bonds is 31. The molecule has 2 heterocycles. The molecule has 2 rings (SSSR count). The summed E-state index contributed by atoms with van der Waals surface area (Å²) in [6, 6.07) is 0. The molecule has 2 fully saturated rings. The first kappa shape index (κ1) is 48.9. The monoisotopic (exact) mass is 779 g/mol. The van der Waals surface area contributed by atoms with Crippen molar-refractivity contribution < 1.29 is 69.0 Å². The van der Waals surface area contributed by atoms with Gasteiger partial charge in [-0.3, -0.25) is 4.79 Å². The fraction of sp³-hybridized carbons (Fsp3) is 0.925. The summed E-state index contributed by atoms with van der Waals surface area (Å²) in [4.78, 5) is 12.6. The van der Waals surface area contributed by atoms with E-state index in [1.165, 1.54) is 64.2 Å². The van der Waals surface area contributed by atoms with Gasteiger partial charge in [-0.05, 0) is 38.5 Å². The summed E-state index contributed by atoms with van der Waals surface area (Å²) in [7, 11) is 0. The van der Waals surface area contributed by atoms with E-state index in [2.05, 4.69) is 26.0 Å². The minimum absolute atomic E-state index is 0.0589. The van der Waals surface area contributed by atoms with Crippen molar-refractivity contribution in [2.45, 2.75) is 203 Å². The van der Waals surface area contributed by atoms with Gasteiger partial charge in [-0.2, -0.15) is 0 Å². The third-order valence-electron chi connectivity index (χ3n) is 10.0. The first-order valence-electron chi connectivity index (χ1n) is 20.8. The van der Waals surface area contributed by atoms with Crippen molar-refractivity contribution in [3.8, 4) is 0 Å². The predicted octanol–water partition coefficient (Wildman–Crippen LogP) is 3.56. The van der Waals surface area contributed by atoms with Crippen molar-refractivity contribution in [1.29, 1.82) is 0 Å². The van der Waals surface area contributed by atoms with E-state index in [0.29, 0.717) is 13.0 Å². The lowest BCUT2D eigenvalue weighted by Crippen LogP contribution is -2.61. The van der Waals surface area contributed by atoms with E-state index in [1.54, 1.807) is 0 Å². The molecule has 0 aromatic carbocycles. The van der Waals surface area contributed by atoms with Crippen LogP contribution in [0.25, 0.3) is 0 Å². The summed E-state index contributed by atoms with van der Waals surface area (Å²) >= 11 is 0. The fourth-order valence-electron chi connectivity index (χ4n) is 6.51. The summed E-state index contributed by atoms with van der Waals surface area (Å²) in [6.07, 6.45) is 9.33. The topological polar surface area (TPSA) is 214 Å². The van der Waals surface area contributed by atoms with Crippen molar-refractivity contribution >= 4 is 5.97 Å². The number of allylic oxidation sites excluding steroid dienone is 2. The lowest BCUT2D eigenvalue weighted by Gasteiger charge is -2.42. The first-order chi connectivity index (χ1) is 26.1. The molecule has 0 aromatic rings. The van der Waals surface area contributed by atoms with Crippen LogP contribution in [0.2, 0.25) is 0 Å². The molecule has 14 nitrogen and oxygen atoms in total. The van der Waals surface area contributed by atoms with Crippen LogP contribution in [-0.4, -0.2) is 142 Å². The fourth-order valence-corrected chi connectivity index (χ4v) is 6.51. The molecule has 318 valence electrons. The molecule has 2 aliphatic rings. The molecule has 0 saturated carbocycles. The summed E-state index contributed by atoms with van der Waals surface area (Å²) in [5.74, 6) is -0.396. The molecule has 0 bridgehead atoms. The largest absolute Gasteiger partial charge is 0.457 e. The Morgan fingerprint density at radius 3 is 1.69 bits per heavy atom. The zero-order chi connectivity index (χ0) is 39.6. The second-order valence-corrected chi connectivity index (χ2v) is 14.8. The van der Waals surface area contributed by atoms with Gasteiger partial charge in [-0.25, -0.2) is 0 Å². The number of hydrogen-bond acceptors (Lipinski definition) is 14. The van der Waals surface area contributed by atoms with E-state index in [-0.39, 0.29) is 19.6 Å². The number of aliphatic hydroxyl groups excluding tert-OH is 7. The number of aliphatic hydroxyl groups is 7. The lowest BCUT2D eigenvalue weighted by atomic mass is 9.98. The van der Waals surface area contributed by atoms with Gasteiger partial charge < -0.3 is 64.2 Å². The molecule has 2 aliphatic heterocycles. The van der Waals surface area contributed by atoms with Crippen molar-refractivity contribution in [3.63, 3.8) is 0 Å². The maximum atomic E-state index is 12.6. The number of carbonyl (C=O) groups excluding carboxylic acids is 1. The van der Waals surface area contributed by atoms with Crippen LogP contribution in [0.5, 0.6) is 0 Å². The maximum Gasteiger partial charge on any atom is 0.306 e. The highest BCUT2D eigenvalue weighted by Gasteiger charge is 2.47. The van der Waals surface area contributed by atoms with Crippen molar-refractivity contribution in [2.75, 3.05) is 33.0 Å². The van der Waals surface area contributed by atoms with Gasteiger partial charge in [-0.15, -0.1) is 0 Å². The zero-order valence-electron chi connectivity index (χ0n) is 33.0. The van der Waals surface area contributed by atoms with E-state index >= 15 is 0 Å². The Morgan fingerprint density at radius 1 is 0.593 bits per heavy atom. The Bertz CT molecular complexity index is 954. The molecule has 14 heteroatoms. The van der Waals surface area contributed by atoms with E-state index in [0.717, 1.165) is 44.9 Å². The molecule has 54 heavy (non-hydrogen) atoms. The summed E-state index contributed by atoms with van der Waals surface area (Å²) in [5.41, 5.74) is 0. The molecule has 11 unspecified atom stereocenters. The Morgan fingerprint density at radius 2 is 1.09 bits per heavy atom. The zero-order valence-corrected chi connectivity index (χ0v) is 33.0. The molecule has 0 aliphatic carbocycles. The molecular formula is C40H74O14. The Hall–Kier alpha value is -1.27. The average Bonchev–Trinajstić information content (AvgIpc) is 3.17. The first-order valence-corrected chi connectivity index (χ1v) is 20.8. The SMILES string of the molecule is CCCCCCCC/C=C\CCCCCCCCOCC(COC1OC(COC2OC(CO)C(O)C(O)C2O)C(O)C(O)C1O)OC(=O)CCCCCC. The third-order valence-corrected chi connectivity index (χ3v) is 10.0. The number of carbonyl (C=O) groups is 1. The van der Waals surface area contributed by atoms with E-state index in [9.17, 15) is 40.5 Å². The maximum absolute atomic E-state index is 12.6. The van der Waals surface area contributed by atoms with E-state index < -0.39 is 86.7 Å². The summed E-state index contributed by atoms with van der Waals surface area (Å²) < 4.78 is 33.8. The molecule has 0 aromatic heterocycles. The lowest BCUT2D eigenvalue weighted by molar-refractivity contribution is -0.332. The van der Waals surface area contributed by atoms with Gasteiger partial charge in [-0.1, -0.05) is 103 Å². The van der Waals surface area contributed by atoms with Crippen LogP contribution in [0.15, 0.2) is 12.2 Å². The van der Waals surface area contributed by atoms with E-state index in [4.69, 9.17) is 28.4 Å². The van der Waals surface area contributed by atoms with Gasteiger partial charge in [0.25, 0.3) is 0 Å². The van der Waals surface area contributed by atoms with Crippen molar-refractivity contribution in [1.82, 2.24) is 0 Å². The van der Waals surface area contributed by atoms with Crippen LogP contribution < -0.4 is 0 Å². The van der Waals surface area contributed by atoms with Crippen LogP contribution in [0, 0.1) is 0 Å². The minimum Gasteiger partial charge on any atom is -0.457 e. The molecular weight excluding hydrogens is 704 g/mol.